The Hall–Kier alpha value is -1.39. The van der Waals surface area contributed by atoms with Gasteiger partial charge in [-0.3, -0.25) is 0 Å². The molecule has 1 aromatic heterocycles. The van der Waals surface area contributed by atoms with E-state index in [-0.39, 0.29) is 17.4 Å². The zero-order chi connectivity index (χ0) is 12.3. The average molecular weight is 273 g/mol. The predicted octanol–water partition coefficient (Wildman–Crippen LogP) is 3.50. The summed E-state index contributed by atoms with van der Waals surface area (Å²) in [7, 11) is 0. The summed E-state index contributed by atoms with van der Waals surface area (Å²) in [6, 6.07) is 7.78. The maximum Gasteiger partial charge on any atom is 0.183 e. The maximum absolute atomic E-state index is 13.5. The Morgan fingerprint density at radius 1 is 1.12 bits per heavy atom. The van der Waals surface area contributed by atoms with E-state index in [0.717, 1.165) is 0 Å². The molecule has 0 saturated heterocycles. The van der Waals surface area contributed by atoms with E-state index in [4.69, 9.17) is 27.9 Å². The van der Waals surface area contributed by atoms with E-state index >= 15 is 0 Å². The molecule has 0 fully saturated rings. The van der Waals surface area contributed by atoms with Gasteiger partial charge in [-0.15, -0.1) is 5.10 Å². The highest BCUT2D eigenvalue weighted by molar-refractivity contribution is 6.30. The molecular weight excluding hydrogens is 266 g/mol. The Morgan fingerprint density at radius 3 is 2.65 bits per heavy atom. The summed E-state index contributed by atoms with van der Waals surface area (Å²) in [4.78, 5) is 0. The van der Waals surface area contributed by atoms with Crippen LogP contribution in [-0.2, 0) is 6.61 Å². The highest BCUT2D eigenvalue weighted by atomic mass is 35.5. The van der Waals surface area contributed by atoms with E-state index in [2.05, 4.69) is 10.2 Å². The van der Waals surface area contributed by atoms with E-state index in [1.807, 2.05) is 0 Å². The van der Waals surface area contributed by atoms with Crippen LogP contribution in [0, 0.1) is 5.82 Å². The first-order valence-corrected chi connectivity index (χ1v) is 5.47. The summed E-state index contributed by atoms with van der Waals surface area (Å²) in [5, 5.41) is 7.74. The quantitative estimate of drug-likeness (QED) is 0.858. The van der Waals surface area contributed by atoms with Crippen molar-refractivity contribution in [3.8, 4) is 5.75 Å². The molecule has 17 heavy (non-hydrogen) atoms. The number of hydrogen-bond donors (Lipinski definition) is 0. The molecule has 0 N–H and O–H groups in total. The molecule has 1 heterocycles. The van der Waals surface area contributed by atoms with Crippen LogP contribution in [0.25, 0.3) is 0 Å². The molecule has 2 rings (SSSR count). The third kappa shape index (κ3) is 3.05. The normalized spacial score (nSPS) is 10.3. The number of ether oxygens (including phenoxy) is 1. The number of hydrogen-bond acceptors (Lipinski definition) is 3. The minimum absolute atomic E-state index is 0.0182. The number of aromatic nitrogens is 2. The van der Waals surface area contributed by atoms with Gasteiger partial charge in [0.2, 0.25) is 0 Å². The van der Waals surface area contributed by atoms with E-state index in [9.17, 15) is 4.39 Å². The fraction of sp³-hybridized carbons (Fsp3) is 0.0909. The zero-order valence-corrected chi connectivity index (χ0v) is 10.0. The van der Waals surface area contributed by atoms with Crippen molar-refractivity contribution in [3.05, 3.63) is 52.0 Å². The minimum Gasteiger partial charge on any atom is -0.484 e. The molecule has 88 valence electrons. The van der Waals surface area contributed by atoms with Crippen LogP contribution >= 0.6 is 23.2 Å². The lowest BCUT2D eigenvalue weighted by Gasteiger charge is -2.06. The van der Waals surface area contributed by atoms with Crippen molar-refractivity contribution >= 4 is 23.2 Å². The number of halogens is 3. The van der Waals surface area contributed by atoms with E-state index < -0.39 is 5.82 Å². The van der Waals surface area contributed by atoms with Crippen LogP contribution in [0.5, 0.6) is 5.75 Å². The summed E-state index contributed by atoms with van der Waals surface area (Å²) < 4.78 is 18.7. The molecule has 0 saturated carbocycles. The van der Waals surface area contributed by atoms with Gasteiger partial charge in [-0.25, -0.2) is 4.39 Å². The molecular formula is C11H7Cl2FN2O. The Labute approximate surface area is 107 Å². The highest BCUT2D eigenvalue weighted by Gasteiger charge is 2.07. The molecule has 3 nitrogen and oxygen atoms in total. The highest BCUT2D eigenvalue weighted by Crippen LogP contribution is 2.24. The molecule has 0 aliphatic rings. The van der Waals surface area contributed by atoms with Crippen LogP contribution in [0.4, 0.5) is 4.39 Å². The fourth-order valence-corrected chi connectivity index (χ4v) is 1.43. The number of nitrogens with zero attached hydrogens (tertiary/aromatic N) is 2. The molecule has 0 unspecified atom stereocenters. The second-order valence-corrected chi connectivity index (χ2v) is 3.98. The Kier molecular flexibility index (Phi) is 3.76. The molecule has 0 aliphatic heterocycles. The summed E-state index contributed by atoms with van der Waals surface area (Å²) in [6.45, 7) is 0.0986. The molecule has 0 atom stereocenters. The lowest BCUT2D eigenvalue weighted by molar-refractivity contribution is 0.284. The molecule has 6 heteroatoms. The van der Waals surface area contributed by atoms with Gasteiger partial charge in [-0.05, 0) is 24.3 Å². The maximum atomic E-state index is 13.5. The zero-order valence-electron chi connectivity index (χ0n) is 8.53. The second-order valence-electron chi connectivity index (χ2n) is 3.19. The van der Waals surface area contributed by atoms with Gasteiger partial charge >= 0.3 is 0 Å². The smallest absolute Gasteiger partial charge is 0.183 e. The summed E-state index contributed by atoms with van der Waals surface area (Å²) >= 11 is 11.2. The van der Waals surface area contributed by atoms with Crippen LogP contribution in [0.3, 0.4) is 0 Å². The van der Waals surface area contributed by atoms with E-state index in [1.165, 1.54) is 12.1 Å². The molecule has 0 spiro atoms. The molecule has 2 aromatic rings. The van der Waals surface area contributed by atoms with Gasteiger partial charge in [0.25, 0.3) is 0 Å². The summed E-state index contributed by atoms with van der Waals surface area (Å²) in [5.74, 6) is -0.509. The van der Waals surface area contributed by atoms with Crippen LogP contribution in [-0.4, -0.2) is 10.2 Å². The van der Waals surface area contributed by atoms with Crippen molar-refractivity contribution in [2.24, 2.45) is 0 Å². The third-order valence-electron chi connectivity index (χ3n) is 1.98. The first-order valence-electron chi connectivity index (χ1n) is 4.72. The predicted molar refractivity (Wildman–Crippen MR) is 62.8 cm³/mol. The Morgan fingerprint density at radius 2 is 1.94 bits per heavy atom. The summed E-state index contributed by atoms with van der Waals surface area (Å²) in [5.41, 5.74) is 0.550. The van der Waals surface area contributed by atoms with Crippen molar-refractivity contribution in [2.75, 3.05) is 0 Å². The number of rotatable bonds is 3. The van der Waals surface area contributed by atoms with Gasteiger partial charge < -0.3 is 4.74 Å². The third-order valence-corrected chi connectivity index (χ3v) is 2.47. The summed E-state index contributed by atoms with van der Waals surface area (Å²) in [6.07, 6.45) is 0. The van der Waals surface area contributed by atoms with Gasteiger partial charge in [-0.2, -0.15) is 5.10 Å². The van der Waals surface area contributed by atoms with Crippen LogP contribution < -0.4 is 4.74 Å². The lowest BCUT2D eigenvalue weighted by Crippen LogP contribution is -2.01. The van der Waals surface area contributed by atoms with Gasteiger partial charge in [0.1, 0.15) is 12.3 Å². The molecule has 0 bridgehead atoms. The Bertz CT molecular complexity index is 519. The van der Waals surface area contributed by atoms with Crippen LogP contribution in [0.2, 0.25) is 10.2 Å². The van der Waals surface area contributed by atoms with Crippen molar-refractivity contribution < 1.29 is 9.13 Å². The average Bonchev–Trinajstić information content (AvgIpc) is 2.33. The minimum atomic E-state index is -0.587. The van der Waals surface area contributed by atoms with Crippen molar-refractivity contribution in [1.82, 2.24) is 10.2 Å². The van der Waals surface area contributed by atoms with Crippen LogP contribution in [0.1, 0.15) is 5.69 Å². The SMILES string of the molecule is Fc1c(Cl)cccc1OCc1ccc(Cl)nn1. The van der Waals surface area contributed by atoms with E-state index in [0.29, 0.717) is 10.8 Å². The standard InChI is InChI=1S/C11H7Cl2FN2O/c12-8-2-1-3-9(11(8)14)17-6-7-4-5-10(13)16-15-7/h1-5H,6H2. The van der Waals surface area contributed by atoms with Gasteiger partial charge in [-0.1, -0.05) is 29.3 Å². The van der Waals surface area contributed by atoms with Crippen LogP contribution in [0.15, 0.2) is 30.3 Å². The van der Waals surface area contributed by atoms with Crippen molar-refractivity contribution in [1.29, 1.82) is 0 Å². The fourth-order valence-electron chi connectivity index (χ4n) is 1.17. The molecule has 0 amide bonds. The largest absolute Gasteiger partial charge is 0.484 e. The van der Waals surface area contributed by atoms with Crippen molar-refractivity contribution in [3.63, 3.8) is 0 Å². The van der Waals surface area contributed by atoms with Gasteiger partial charge in [0, 0.05) is 0 Å². The molecule has 0 radical (unpaired) electrons. The van der Waals surface area contributed by atoms with Crippen molar-refractivity contribution in [2.45, 2.75) is 6.61 Å². The first kappa shape index (κ1) is 12.1. The number of benzene rings is 1. The monoisotopic (exact) mass is 272 g/mol. The molecule has 1 aromatic carbocycles. The first-order chi connectivity index (χ1) is 8.16. The van der Waals surface area contributed by atoms with Gasteiger partial charge in [0.15, 0.2) is 16.7 Å². The topological polar surface area (TPSA) is 35.0 Å². The Balaban J connectivity index is 2.07. The van der Waals surface area contributed by atoms with Gasteiger partial charge in [0.05, 0.1) is 5.02 Å². The lowest BCUT2D eigenvalue weighted by atomic mass is 10.3. The second kappa shape index (κ2) is 5.29. The molecule has 0 aliphatic carbocycles. The van der Waals surface area contributed by atoms with E-state index in [1.54, 1.807) is 18.2 Å².